The first-order chi connectivity index (χ1) is 12.0. The van der Waals surface area contributed by atoms with E-state index in [9.17, 15) is 4.79 Å². The Morgan fingerprint density at radius 1 is 1.12 bits per heavy atom. The van der Waals surface area contributed by atoms with Gasteiger partial charge in [-0.15, -0.1) is 12.4 Å². The smallest absolute Gasteiger partial charge is 0.341 e. The summed E-state index contributed by atoms with van der Waals surface area (Å²) in [6.45, 7) is 6.22. The molecule has 5 nitrogen and oxygen atoms in total. The van der Waals surface area contributed by atoms with Gasteiger partial charge in [-0.1, -0.05) is 26.0 Å². The molecule has 2 heterocycles. The molecule has 0 fully saturated rings. The number of fused-ring (bicyclic) bond motifs is 1. The van der Waals surface area contributed by atoms with Crippen molar-refractivity contribution < 1.29 is 9.53 Å². The number of nitrogens with zero attached hydrogens (tertiary/aromatic N) is 2. The zero-order valence-electron chi connectivity index (χ0n) is 15.2. The van der Waals surface area contributed by atoms with Crippen LogP contribution in [0.1, 0.15) is 41.4 Å². The van der Waals surface area contributed by atoms with Gasteiger partial charge in [-0.05, 0) is 42.7 Å². The standard InChI is InChI=1S/C20H21N3O2.ClH/c1-12(2)14-6-8-15(9-7-14)23-18-16-10-5-13(3)22-19(16)21-11-17(18)20(24)25-4;/h5-12H,1-4H3,(H,21,22,23);1H. The minimum atomic E-state index is -0.434. The third-order valence-corrected chi connectivity index (χ3v) is 4.12. The second kappa shape index (κ2) is 8.15. The molecule has 0 aliphatic heterocycles. The summed E-state index contributed by atoms with van der Waals surface area (Å²) >= 11 is 0. The number of esters is 1. The Morgan fingerprint density at radius 3 is 2.42 bits per heavy atom. The van der Waals surface area contributed by atoms with Crippen molar-refractivity contribution in [1.82, 2.24) is 9.97 Å². The molecule has 3 rings (SSSR count). The highest BCUT2D eigenvalue weighted by Crippen LogP contribution is 2.29. The van der Waals surface area contributed by atoms with Crippen LogP contribution in [0.2, 0.25) is 0 Å². The van der Waals surface area contributed by atoms with Crippen molar-refractivity contribution in [3.8, 4) is 0 Å². The number of aryl methyl sites for hydroxylation is 1. The van der Waals surface area contributed by atoms with Crippen LogP contribution in [0.3, 0.4) is 0 Å². The molecule has 0 saturated heterocycles. The molecule has 0 radical (unpaired) electrons. The predicted octanol–water partition coefficient (Wildman–Crippen LogP) is 5.01. The highest BCUT2D eigenvalue weighted by atomic mass is 35.5. The molecule has 0 atom stereocenters. The first-order valence-electron chi connectivity index (χ1n) is 8.21. The number of hydrogen-bond acceptors (Lipinski definition) is 5. The fourth-order valence-corrected chi connectivity index (χ4v) is 2.67. The lowest BCUT2D eigenvalue weighted by Crippen LogP contribution is -2.08. The Morgan fingerprint density at radius 2 is 1.81 bits per heavy atom. The molecule has 0 aliphatic rings. The normalized spacial score (nSPS) is 10.5. The molecule has 0 aliphatic carbocycles. The van der Waals surface area contributed by atoms with Gasteiger partial charge in [-0.3, -0.25) is 0 Å². The van der Waals surface area contributed by atoms with Crippen molar-refractivity contribution in [2.75, 3.05) is 12.4 Å². The maximum absolute atomic E-state index is 12.2. The molecule has 0 spiro atoms. The second-order valence-corrected chi connectivity index (χ2v) is 6.26. The molecule has 2 aromatic heterocycles. The highest BCUT2D eigenvalue weighted by Gasteiger charge is 2.17. The summed E-state index contributed by atoms with van der Waals surface area (Å²) in [5, 5.41) is 4.11. The molecule has 0 bridgehead atoms. The van der Waals surface area contributed by atoms with Gasteiger partial charge in [0.1, 0.15) is 5.56 Å². The molecule has 0 unspecified atom stereocenters. The van der Waals surface area contributed by atoms with Crippen molar-refractivity contribution >= 4 is 40.8 Å². The number of methoxy groups -OCH3 is 1. The van der Waals surface area contributed by atoms with E-state index in [1.807, 2.05) is 31.2 Å². The summed E-state index contributed by atoms with van der Waals surface area (Å²) in [5.74, 6) is 0.0323. The molecule has 1 N–H and O–H groups in total. The first kappa shape index (κ1) is 19.7. The van der Waals surface area contributed by atoms with E-state index in [4.69, 9.17) is 4.74 Å². The number of benzene rings is 1. The number of ether oxygens (including phenoxy) is 1. The Balaban J connectivity index is 0.00000243. The van der Waals surface area contributed by atoms with Gasteiger partial charge >= 0.3 is 5.97 Å². The van der Waals surface area contributed by atoms with Gasteiger partial charge in [0.15, 0.2) is 5.65 Å². The summed E-state index contributed by atoms with van der Waals surface area (Å²) < 4.78 is 4.90. The molecule has 3 aromatic rings. The Labute approximate surface area is 159 Å². The van der Waals surface area contributed by atoms with Gasteiger partial charge in [-0.2, -0.15) is 0 Å². The van der Waals surface area contributed by atoms with E-state index >= 15 is 0 Å². The lowest BCUT2D eigenvalue weighted by Gasteiger charge is -2.14. The molecular weight excluding hydrogens is 350 g/mol. The maximum Gasteiger partial charge on any atom is 0.341 e. The van der Waals surface area contributed by atoms with E-state index in [0.717, 1.165) is 16.8 Å². The highest BCUT2D eigenvalue weighted by molar-refractivity contribution is 6.05. The molecule has 136 valence electrons. The SMILES string of the molecule is COC(=O)c1cnc2nc(C)ccc2c1Nc1ccc(C(C)C)cc1.Cl. The van der Waals surface area contributed by atoms with Gasteiger partial charge in [-0.25, -0.2) is 14.8 Å². The number of halogens is 1. The molecular formula is C20H22ClN3O2. The van der Waals surface area contributed by atoms with E-state index in [1.165, 1.54) is 18.9 Å². The van der Waals surface area contributed by atoms with E-state index in [-0.39, 0.29) is 12.4 Å². The third-order valence-electron chi connectivity index (χ3n) is 4.12. The van der Waals surface area contributed by atoms with E-state index in [0.29, 0.717) is 22.8 Å². The number of carbonyl (C=O) groups excluding carboxylic acids is 1. The van der Waals surface area contributed by atoms with Gasteiger partial charge < -0.3 is 10.1 Å². The average molecular weight is 372 g/mol. The Hall–Kier alpha value is -2.66. The molecule has 0 amide bonds. The minimum Gasteiger partial charge on any atom is -0.465 e. The quantitative estimate of drug-likeness (QED) is 0.653. The fourth-order valence-electron chi connectivity index (χ4n) is 2.67. The van der Waals surface area contributed by atoms with Gasteiger partial charge in [0.2, 0.25) is 0 Å². The Kier molecular flexibility index (Phi) is 6.16. The monoisotopic (exact) mass is 371 g/mol. The van der Waals surface area contributed by atoms with Crippen LogP contribution in [0, 0.1) is 6.92 Å². The summed E-state index contributed by atoms with van der Waals surface area (Å²) in [6, 6.07) is 12.0. The van der Waals surface area contributed by atoms with Crippen LogP contribution < -0.4 is 5.32 Å². The lowest BCUT2D eigenvalue weighted by atomic mass is 10.0. The zero-order chi connectivity index (χ0) is 18.0. The summed E-state index contributed by atoms with van der Waals surface area (Å²) in [7, 11) is 1.36. The number of anilines is 2. The minimum absolute atomic E-state index is 0. The topological polar surface area (TPSA) is 64.1 Å². The summed E-state index contributed by atoms with van der Waals surface area (Å²) in [4.78, 5) is 20.9. The second-order valence-electron chi connectivity index (χ2n) is 6.26. The first-order valence-corrected chi connectivity index (χ1v) is 8.21. The zero-order valence-corrected chi connectivity index (χ0v) is 16.1. The van der Waals surface area contributed by atoms with Crippen LogP contribution in [0.25, 0.3) is 11.0 Å². The molecule has 0 saturated carbocycles. The third kappa shape index (κ3) is 3.94. The van der Waals surface area contributed by atoms with E-state index in [2.05, 4.69) is 41.3 Å². The largest absolute Gasteiger partial charge is 0.465 e. The summed E-state index contributed by atoms with van der Waals surface area (Å²) in [6.07, 6.45) is 1.51. The van der Waals surface area contributed by atoms with E-state index < -0.39 is 5.97 Å². The van der Waals surface area contributed by atoms with Gasteiger partial charge in [0.25, 0.3) is 0 Å². The van der Waals surface area contributed by atoms with Crippen molar-refractivity contribution in [2.24, 2.45) is 0 Å². The maximum atomic E-state index is 12.2. The summed E-state index contributed by atoms with van der Waals surface area (Å²) in [5.41, 5.74) is 4.65. The average Bonchev–Trinajstić information content (AvgIpc) is 2.61. The van der Waals surface area contributed by atoms with Crippen molar-refractivity contribution in [3.63, 3.8) is 0 Å². The van der Waals surface area contributed by atoms with Crippen LogP contribution in [0.5, 0.6) is 0 Å². The van der Waals surface area contributed by atoms with Crippen LogP contribution >= 0.6 is 12.4 Å². The van der Waals surface area contributed by atoms with E-state index in [1.54, 1.807) is 0 Å². The molecule has 26 heavy (non-hydrogen) atoms. The van der Waals surface area contributed by atoms with Crippen LogP contribution in [0.15, 0.2) is 42.6 Å². The van der Waals surface area contributed by atoms with Crippen LogP contribution in [0.4, 0.5) is 11.4 Å². The lowest BCUT2D eigenvalue weighted by molar-refractivity contribution is 0.0601. The fraction of sp³-hybridized carbons (Fsp3) is 0.250. The number of pyridine rings is 2. The van der Waals surface area contributed by atoms with Crippen molar-refractivity contribution in [1.29, 1.82) is 0 Å². The number of aromatic nitrogens is 2. The molecule has 6 heteroatoms. The predicted molar refractivity (Wildman–Crippen MR) is 107 cm³/mol. The number of carbonyl (C=O) groups is 1. The molecule has 1 aromatic carbocycles. The van der Waals surface area contributed by atoms with Crippen LogP contribution in [-0.4, -0.2) is 23.0 Å². The number of rotatable bonds is 4. The number of nitrogens with one attached hydrogen (secondary N) is 1. The van der Waals surface area contributed by atoms with Crippen molar-refractivity contribution in [2.45, 2.75) is 26.7 Å². The number of hydrogen-bond donors (Lipinski definition) is 1. The van der Waals surface area contributed by atoms with Gasteiger partial charge in [0.05, 0.1) is 12.8 Å². The van der Waals surface area contributed by atoms with Crippen LogP contribution in [-0.2, 0) is 4.74 Å². The van der Waals surface area contributed by atoms with Gasteiger partial charge in [0, 0.05) is 23.0 Å². The Bertz CT molecular complexity index is 924. The van der Waals surface area contributed by atoms with Crippen molar-refractivity contribution in [3.05, 3.63) is 59.4 Å².